The van der Waals surface area contributed by atoms with Crippen molar-refractivity contribution in [2.75, 3.05) is 0 Å². The Hall–Kier alpha value is -3.59. The Morgan fingerprint density at radius 3 is 2.52 bits per heavy atom. The average molecular weight is 450 g/mol. The van der Waals surface area contributed by atoms with Crippen LogP contribution in [0.4, 0.5) is 13.2 Å². The Kier molecular flexibility index (Phi) is 6.45. The summed E-state index contributed by atoms with van der Waals surface area (Å²) in [7, 11) is 0. The third-order valence-electron chi connectivity index (χ3n) is 3.95. The van der Waals surface area contributed by atoms with Gasteiger partial charge >= 0.3 is 6.36 Å². The number of carbonyl (C=O) groups excluding carboxylic acids is 1. The molecule has 0 saturated heterocycles. The lowest BCUT2D eigenvalue weighted by molar-refractivity contribution is -0.274. The van der Waals surface area contributed by atoms with Crippen LogP contribution in [-0.4, -0.2) is 28.6 Å². The first-order chi connectivity index (χ1) is 14.6. The quantitative estimate of drug-likeness (QED) is 0.420. The second-order valence-corrected chi connectivity index (χ2v) is 6.77. The predicted molar refractivity (Wildman–Crippen MR) is 109 cm³/mol. The summed E-state index contributed by atoms with van der Waals surface area (Å²) < 4.78 is 40.7. The van der Waals surface area contributed by atoms with Gasteiger partial charge in [-0.3, -0.25) is 9.78 Å². The van der Waals surface area contributed by atoms with Crippen LogP contribution in [0.5, 0.6) is 11.5 Å². The normalized spacial score (nSPS) is 11.5. The summed E-state index contributed by atoms with van der Waals surface area (Å²) in [4.78, 5) is 16.5. The molecule has 0 aliphatic rings. The van der Waals surface area contributed by atoms with Gasteiger partial charge in [0.05, 0.1) is 16.9 Å². The molecule has 1 amide bonds. The maximum atomic E-state index is 12.3. The van der Waals surface area contributed by atoms with Crippen molar-refractivity contribution in [3.05, 3.63) is 76.4 Å². The fraction of sp³-hybridized carbons (Fsp3) is 0.0952. The van der Waals surface area contributed by atoms with Gasteiger partial charge in [-0.1, -0.05) is 11.6 Å². The summed E-state index contributed by atoms with van der Waals surface area (Å²) >= 11 is 5.78. The second kappa shape index (κ2) is 9.05. The number of phenols is 1. The molecule has 2 aromatic carbocycles. The van der Waals surface area contributed by atoms with E-state index in [-0.39, 0.29) is 22.1 Å². The van der Waals surface area contributed by atoms with E-state index in [1.807, 2.05) is 0 Å². The van der Waals surface area contributed by atoms with Gasteiger partial charge in [-0.05, 0) is 67.1 Å². The van der Waals surface area contributed by atoms with E-state index in [0.29, 0.717) is 22.5 Å². The molecule has 0 radical (unpaired) electrons. The molecule has 2 N–H and O–H groups in total. The highest BCUT2D eigenvalue weighted by Crippen LogP contribution is 2.26. The van der Waals surface area contributed by atoms with Crippen molar-refractivity contribution < 1.29 is 27.8 Å². The van der Waals surface area contributed by atoms with Gasteiger partial charge in [-0.25, -0.2) is 5.43 Å². The number of aryl methyl sites for hydroxylation is 1. The summed E-state index contributed by atoms with van der Waals surface area (Å²) in [5.74, 6) is -0.994. The number of phenolic OH excluding ortho intramolecular Hbond substituents is 1. The van der Waals surface area contributed by atoms with Crippen molar-refractivity contribution in [3.63, 3.8) is 0 Å². The number of benzene rings is 2. The Bertz CT molecular complexity index is 1130. The van der Waals surface area contributed by atoms with Gasteiger partial charge in [0.25, 0.3) is 5.91 Å². The molecule has 0 spiro atoms. The van der Waals surface area contributed by atoms with Gasteiger partial charge in [-0.2, -0.15) is 5.10 Å². The molecule has 0 aliphatic carbocycles. The number of aromatic hydroxyl groups is 1. The molecule has 0 unspecified atom stereocenters. The molecule has 3 rings (SSSR count). The number of nitrogens with zero attached hydrogens (tertiary/aromatic N) is 2. The van der Waals surface area contributed by atoms with Crippen molar-refractivity contribution in [1.82, 2.24) is 10.4 Å². The predicted octanol–water partition coefficient (Wildman–Crippen LogP) is 5.08. The number of ether oxygens (including phenoxy) is 1. The highest BCUT2D eigenvalue weighted by molar-refractivity contribution is 6.32. The zero-order chi connectivity index (χ0) is 22.6. The number of hydrogen-bond donors (Lipinski definition) is 2. The number of halogens is 4. The zero-order valence-electron chi connectivity index (χ0n) is 15.9. The molecule has 6 nitrogen and oxygen atoms in total. The first-order valence-electron chi connectivity index (χ1n) is 8.77. The van der Waals surface area contributed by atoms with Crippen LogP contribution in [0.15, 0.2) is 59.7 Å². The van der Waals surface area contributed by atoms with Crippen LogP contribution in [0.1, 0.15) is 21.6 Å². The third-order valence-corrected chi connectivity index (χ3v) is 4.25. The lowest BCUT2D eigenvalue weighted by Gasteiger charge is -2.09. The summed E-state index contributed by atoms with van der Waals surface area (Å²) in [6.45, 7) is 1.75. The second-order valence-electron chi connectivity index (χ2n) is 6.36. The fourth-order valence-electron chi connectivity index (χ4n) is 2.62. The zero-order valence-corrected chi connectivity index (χ0v) is 16.7. The molecule has 10 heteroatoms. The van der Waals surface area contributed by atoms with E-state index in [1.165, 1.54) is 48.7 Å². The number of alkyl halides is 3. The van der Waals surface area contributed by atoms with Crippen molar-refractivity contribution >= 4 is 23.7 Å². The minimum absolute atomic E-state index is 0.0395. The van der Waals surface area contributed by atoms with Crippen LogP contribution in [0.25, 0.3) is 11.3 Å². The van der Waals surface area contributed by atoms with Crippen molar-refractivity contribution in [1.29, 1.82) is 0 Å². The van der Waals surface area contributed by atoms with Crippen molar-refractivity contribution in [2.24, 2.45) is 5.10 Å². The van der Waals surface area contributed by atoms with Gasteiger partial charge in [0.15, 0.2) is 0 Å². The van der Waals surface area contributed by atoms with Gasteiger partial charge in [0.1, 0.15) is 11.5 Å². The number of hydrazone groups is 1. The van der Waals surface area contributed by atoms with Crippen molar-refractivity contribution in [2.45, 2.75) is 13.3 Å². The molecule has 160 valence electrons. The topological polar surface area (TPSA) is 83.8 Å². The first-order valence-corrected chi connectivity index (χ1v) is 9.15. The minimum Gasteiger partial charge on any atom is -0.506 e. The largest absolute Gasteiger partial charge is 0.573 e. The van der Waals surface area contributed by atoms with E-state index in [0.717, 1.165) is 0 Å². The summed E-state index contributed by atoms with van der Waals surface area (Å²) in [6.07, 6.45) is -3.36. The number of pyridine rings is 1. The SMILES string of the molecule is Cc1cc(C=NNC(=O)c2ccc(O)c(Cl)c2)cc(-c2ccc(OC(F)(F)F)cc2)n1. The Morgan fingerprint density at radius 2 is 1.87 bits per heavy atom. The summed E-state index contributed by atoms with van der Waals surface area (Å²) in [5.41, 5.74) is 4.91. The van der Waals surface area contributed by atoms with Gasteiger partial charge in [0.2, 0.25) is 0 Å². The maximum Gasteiger partial charge on any atom is 0.573 e. The number of amides is 1. The maximum absolute atomic E-state index is 12.3. The molecule has 0 saturated carbocycles. The number of rotatable bonds is 5. The van der Waals surface area contributed by atoms with Gasteiger partial charge in [0, 0.05) is 16.8 Å². The van der Waals surface area contributed by atoms with E-state index in [2.05, 4.69) is 20.2 Å². The standard InChI is InChI=1S/C21H15ClF3N3O3/c1-12-8-13(11-26-28-20(30)15-4-7-19(29)17(22)10-15)9-18(27-12)14-2-5-16(6-3-14)31-21(23,24)25/h2-11,29H,1H3,(H,28,30). The Balaban J connectivity index is 1.73. The Labute approximate surface area is 180 Å². The van der Waals surface area contributed by atoms with Gasteiger partial charge < -0.3 is 9.84 Å². The molecule has 1 aromatic heterocycles. The van der Waals surface area contributed by atoms with Crippen molar-refractivity contribution in [3.8, 4) is 22.8 Å². The number of nitrogens with one attached hydrogen (secondary N) is 1. The number of carbonyl (C=O) groups is 1. The smallest absolute Gasteiger partial charge is 0.506 e. The molecule has 0 bridgehead atoms. The van der Waals surface area contributed by atoms with Gasteiger partial charge in [-0.15, -0.1) is 13.2 Å². The number of hydrogen-bond acceptors (Lipinski definition) is 5. The highest BCUT2D eigenvalue weighted by atomic mass is 35.5. The number of aromatic nitrogens is 1. The summed E-state index contributed by atoms with van der Waals surface area (Å²) in [5, 5.41) is 13.3. The molecule has 0 fully saturated rings. The molecular weight excluding hydrogens is 435 g/mol. The lowest BCUT2D eigenvalue weighted by Crippen LogP contribution is -2.17. The van der Waals surface area contributed by atoms with E-state index in [1.54, 1.807) is 19.1 Å². The van der Waals surface area contributed by atoms with Crippen LogP contribution in [0, 0.1) is 6.92 Å². The summed E-state index contributed by atoms with van der Waals surface area (Å²) in [6, 6.07) is 12.7. The fourth-order valence-corrected chi connectivity index (χ4v) is 2.80. The molecule has 31 heavy (non-hydrogen) atoms. The van der Waals surface area contributed by atoms with E-state index >= 15 is 0 Å². The molecule has 0 aliphatic heterocycles. The van der Waals surface area contributed by atoms with Crippen LogP contribution in [-0.2, 0) is 0 Å². The monoisotopic (exact) mass is 449 g/mol. The van der Waals surface area contributed by atoms with Crippen LogP contribution >= 0.6 is 11.6 Å². The highest BCUT2D eigenvalue weighted by Gasteiger charge is 2.30. The van der Waals surface area contributed by atoms with E-state index in [9.17, 15) is 23.1 Å². The molecule has 0 atom stereocenters. The minimum atomic E-state index is -4.76. The van der Waals surface area contributed by atoms with Crippen LogP contribution in [0.2, 0.25) is 5.02 Å². The Morgan fingerprint density at radius 1 is 1.16 bits per heavy atom. The molecular formula is C21H15ClF3N3O3. The molecule has 1 heterocycles. The van der Waals surface area contributed by atoms with E-state index < -0.39 is 12.3 Å². The average Bonchev–Trinajstić information content (AvgIpc) is 2.69. The third kappa shape index (κ3) is 6.19. The lowest BCUT2D eigenvalue weighted by atomic mass is 10.1. The van der Waals surface area contributed by atoms with Crippen LogP contribution in [0.3, 0.4) is 0 Å². The molecule has 3 aromatic rings. The van der Waals surface area contributed by atoms with E-state index in [4.69, 9.17) is 11.6 Å². The van der Waals surface area contributed by atoms with Crippen LogP contribution < -0.4 is 10.2 Å². The first kappa shape index (κ1) is 22.1.